The Morgan fingerprint density at radius 3 is 2.27 bits per heavy atom. The molecule has 28 heteroatoms. The van der Waals surface area contributed by atoms with Gasteiger partial charge in [-0.3, -0.25) is 27.7 Å². The van der Waals surface area contributed by atoms with Crippen LogP contribution in [0, 0.1) is 5.41 Å². The van der Waals surface area contributed by atoms with Gasteiger partial charge in [-0.15, -0.1) is 0 Å². The van der Waals surface area contributed by atoms with E-state index in [4.69, 9.17) is 19.5 Å². The van der Waals surface area contributed by atoms with Crippen LogP contribution in [0.15, 0.2) is 12.7 Å². The van der Waals surface area contributed by atoms with Crippen LogP contribution in [0.3, 0.4) is 0 Å². The molecule has 1 saturated heterocycles. The third kappa shape index (κ3) is 17.9. The van der Waals surface area contributed by atoms with Crippen LogP contribution in [0.5, 0.6) is 0 Å². The highest BCUT2D eigenvalue weighted by molar-refractivity contribution is 8.76. The van der Waals surface area contributed by atoms with Gasteiger partial charge in [-0.1, -0.05) is 87.3 Å². The fraction of sp³-hybridized carbons (Fsp3) is 0.774. The molecule has 2 aromatic rings. The molecule has 3 heterocycles. The molecule has 2 aromatic heterocycles. The van der Waals surface area contributed by atoms with Gasteiger partial charge in [0.15, 0.2) is 17.7 Å². The molecule has 1 fully saturated rings. The maximum atomic E-state index is 12.7. The number of hydrogen-bond acceptors (Lipinski definition) is 18. The largest absolute Gasteiger partial charge is 0.481 e. The SMILES string of the molecule is CCCCCCCCCCSSCCNC(=O)CCNC(=O)[C@H](O)C(C)(C)COP(=O)(O)OP(=O)(O)OC[C@H]1O[C@@H](n2cnc3c(N)ncnc32)[C@H](O)[C@@H]1OP(=O)(O)O. The highest BCUT2D eigenvalue weighted by Crippen LogP contribution is 2.61. The summed E-state index contributed by atoms with van der Waals surface area (Å²) in [7, 11) is -12.9. The molecule has 0 bridgehead atoms. The lowest BCUT2D eigenvalue weighted by Crippen LogP contribution is -2.46. The number of ether oxygens (including phenoxy) is 1. The molecular weight excluding hydrogens is 883 g/mol. The summed E-state index contributed by atoms with van der Waals surface area (Å²) < 4.78 is 62.3. The number of unbranched alkanes of at least 4 members (excludes halogenated alkanes) is 7. The summed E-state index contributed by atoms with van der Waals surface area (Å²) in [5.74, 6) is 0.505. The third-order valence-electron chi connectivity index (χ3n) is 8.75. The van der Waals surface area contributed by atoms with Gasteiger partial charge in [0.25, 0.3) is 0 Å². The van der Waals surface area contributed by atoms with Crippen molar-refractivity contribution in [2.45, 2.75) is 109 Å². The number of amides is 2. The lowest BCUT2D eigenvalue weighted by molar-refractivity contribution is -0.137. The average molecular weight is 940 g/mol. The van der Waals surface area contributed by atoms with E-state index in [9.17, 15) is 53.1 Å². The monoisotopic (exact) mass is 939 g/mol. The molecule has 23 nitrogen and oxygen atoms in total. The summed E-state index contributed by atoms with van der Waals surface area (Å²) in [6.07, 6.45) is 3.41. The number of nitrogens with one attached hydrogen (secondary N) is 2. The maximum Gasteiger partial charge on any atom is 0.481 e. The zero-order valence-electron chi connectivity index (χ0n) is 32.9. The number of imidazole rings is 1. The topological polar surface area (TPSA) is 347 Å². The number of nitrogen functional groups attached to an aromatic ring is 1. The van der Waals surface area contributed by atoms with Gasteiger partial charge in [0.1, 0.15) is 36.3 Å². The fourth-order valence-corrected chi connectivity index (χ4v) is 10.5. The molecular formula is C31H56N7O16P3S2. The van der Waals surface area contributed by atoms with Gasteiger partial charge >= 0.3 is 23.5 Å². The van der Waals surface area contributed by atoms with E-state index in [1.807, 2.05) is 0 Å². The predicted molar refractivity (Wildman–Crippen MR) is 217 cm³/mol. The van der Waals surface area contributed by atoms with E-state index in [0.717, 1.165) is 35.1 Å². The number of aliphatic hydroxyl groups excluding tert-OH is 2. The Labute approximate surface area is 349 Å². The van der Waals surface area contributed by atoms with Gasteiger partial charge in [0, 0.05) is 36.4 Å². The van der Waals surface area contributed by atoms with Crippen LogP contribution in [-0.2, 0) is 45.9 Å². The molecule has 59 heavy (non-hydrogen) atoms. The first kappa shape index (κ1) is 51.6. The molecule has 1 aliphatic rings. The zero-order valence-corrected chi connectivity index (χ0v) is 37.3. The Balaban J connectivity index is 1.39. The molecule has 10 N–H and O–H groups in total. The van der Waals surface area contributed by atoms with Crippen LogP contribution in [-0.4, -0.2) is 123 Å². The molecule has 1 aliphatic heterocycles. The number of phosphoric acid groups is 3. The summed E-state index contributed by atoms with van der Waals surface area (Å²) in [6.45, 7) is 3.14. The van der Waals surface area contributed by atoms with E-state index in [-0.39, 0.29) is 35.9 Å². The summed E-state index contributed by atoms with van der Waals surface area (Å²) >= 11 is 0. The van der Waals surface area contributed by atoms with Crippen molar-refractivity contribution >= 4 is 73.9 Å². The zero-order chi connectivity index (χ0) is 43.9. The number of carbonyl (C=O) groups excluding carboxylic acids is 2. The molecule has 7 atom stereocenters. The number of fused-ring (bicyclic) bond motifs is 1. The minimum Gasteiger partial charge on any atom is -0.386 e. The molecule has 0 radical (unpaired) electrons. The van der Waals surface area contributed by atoms with Crippen molar-refractivity contribution in [3.8, 4) is 0 Å². The first-order valence-electron chi connectivity index (χ1n) is 18.8. The van der Waals surface area contributed by atoms with Crippen molar-refractivity contribution in [2.75, 3.05) is 43.5 Å². The Bertz CT molecular complexity index is 1790. The predicted octanol–water partition coefficient (Wildman–Crippen LogP) is 2.93. The molecule has 0 spiro atoms. The first-order valence-corrected chi connectivity index (χ1v) is 25.8. The average Bonchev–Trinajstić information content (AvgIpc) is 3.71. The minimum absolute atomic E-state index is 0.0330. The highest BCUT2D eigenvalue weighted by atomic mass is 33.1. The quantitative estimate of drug-likeness (QED) is 0.0321. The van der Waals surface area contributed by atoms with Gasteiger partial charge in [0.05, 0.1) is 19.5 Å². The first-order chi connectivity index (χ1) is 27.7. The van der Waals surface area contributed by atoms with E-state index in [1.54, 1.807) is 21.6 Å². The second-order valence-electron chi connectivity index (χ2n) is 14.2. The number of rotatable bonds is 29. The third-order valence-corrected chi connectivity index (χ3v) is 14.3. The van der Waals surface area contributed by atoms with Crippen molar-refractivity contribution in [1.82, 2.24) is 30.2 Å². The smallest absolute Gasteiger partial charge is 0.386 e. The van der Waals surface area contributed by atoms with Crippen LogP contribution in [0.1, 0.15) is 84.8 Å². The molecule has 0 aromatic carbocycles. The van der Waals surface area contributed by atoms with Gasteiger partial charge in [-0.05, 0) is 6.42 Å². The van der Waals surface area contributed by atoms with E-state index in [0.29, 0.717) is 6.54 Å². The number of nitrogens with zero attached hydrogens (tertiary/aromatic N) is 4. The van der Waals surface area contributed by atoms with Crippen molar-refractivity contribution < 1.29 is 75.7 Å². The van der Waals surface area contributed by atoms with Crippen molar-refractivity contribution in [2.24, 2.45) is 5.41 Å². The lowest BCUT2D eigenvalue weighted by atomic mass is 9.87. The van der Waals surface area contributed by atoms with Gasteiger partial charge in [-0.2, -0.15) is 4.31 Å². The Kier molecular flexibility index (Phi) is 21.1. The van der Waals surface area contributed by atoms with Crippen LogP contribution in [0.25, 0.3) is 11.2 Å². The van der Waals surface area contributed by atoms with E-state index in [1.165, 1.54) is 58.8 Å². The van der Waals surface area contributed by atoms with Crippen molar-refractivity contribution in [3.63, 3.8) is 0 Å². The molecule has 338 valence electrons. The number of carbonyl (C=O) groups is 2. The Hall–Kier alpha value is -1.76. The molecule has 2 unspecified atom stereocenters. The lowest BCUT2D eigenvalue weighted by Gasteiger charge is -2.30. The van der Waals surface area contributed by atoms with E-state index < -0.39 is 78.6 Å². The number of aromatic nitrogens is 4. The van der Waals surface area contributed by atoms with Crippen LogP contribution in [0.2, 0.25) is 0 Å². The van der Waals surface area contributed by atoms with Crippen molar-refractivity contribution in [3.05, 3.63) is 12.7 Å². The maximum absolute atomic E-state index is 12.7. The molecule has 0 saturated carbocycles. The van der Waals surface area contributed by atoms with Gasteiger partial charge in [0.2, 0.25) is 11.8 Å². The van der Waals surface area contributed by atoms with E-state index >= 15 is 0 Å². The number of nitrogens with two attached hydrogens (primary N) is 1. The number of anilines is 1. The van der Waals surface area contributed by atoms with Crippen LogP contribution in [0.4, 0.5) is 5.82 Å². The van der Waals surface area contributed by atoms with Crippen molar-refractivity contribution in [1.29, 1.82) is 0 Å². The minimum atomic E-state index is -5.55. The second kappa shape index (κ2) is 24.2. The summed E-state index contributed by atoms with van der Waals surface area (Å²) in [5, 5.41) is 26.7. The van der Waals surface area contributed by atoms with Crippen LogP contribution < -0.4 is 16.4 Å². The van der Waals surface area contributed by atoms with Gasteiger partial charge < -0.3 is 50.9 Å². The summed E-state index contributed by atoms with van der Waals surface area (Å²) in [6, 6.07) is 0. The summed E-state index contributed by atoms with van der Waals surface area (Å²) in [4.78, 5) is 75.9. The molecule has 2 amide bonds. The number of aliphatic hydroxyl groups is 2. The number of hydrogen-bond donors (Lipinski definition) is 9. The fourth-order valence-electron chi connectivity index (χ4n) is 5.58. The molecule has 3 rings (SSSR count). The highest BCUT2D eigenvalue weighted by Gasteiger charge is 2.50. The standard InChI is InChI=1S/C31H56N7O16P3S2/c1-4-5-6-7-8-9-10-11-15-58-59-16-14-33-22(39)12-13-34-29(42)26(41)31(2,3)18-51-57(48,49)54-56(46,47)50-17-21-25(53-55(43,44)45)24(40)30(52-21)38-20-37-23-27(32)35-19-36-28(23)38/h19-21,24-26,30,40-41H,4-18H2,1-3H3,(H,33,39)(H,34,42)(H,46,47)(H,48,49)(H2,32,35,36)(H2,43,44,45)/t21-,24-,25-,26+,30-/m1/s1. The van der Waals surface area contributed by atoms with Crippen LogP contribution >= 0.6 is 45.1 Å². The normalized spacial score (nSPS) is 21.2. The Morgan fingerprint density at radius 2 is 1.59 bits per heavy atom. The number of phosphoric ester groups is 3. The van der Waals surface area contributed by atoms with Gasteiger partial charge in [-0.25, -0.2) is 28.6 Å². The summed E-state index contributed by atoms with van der Waals surface area (Å²) in [5.41, 5.74) is 4.33. The Morgan fingerprint density at radius 1 is 0.949 bits per heavy atom. The molecule has 0 aliphatic carbocycles. The second-order valence-corrected chi connectivity index (χ2v) is 21.1. The van der Waals surface area contributed by atoms with E-state index in [2.05, 4.69) is 41.3 Å².